The molecule has 0 spiro atoms. The Morgan fingerprint density at radius 2 is 2.23 bits per heavy atom. The molecule has 1 aromatic carbocycles. The van der Waals surface area contributed by atoms with Crippen molar-refractivity contribution in [3.63, 3.8) is 0 Å². The second kappa shape index (κ2) is 3.44. The second-order valence-electron chi connectivity index (χ2n) is 2.46. The third kappa shape index (κ3) is 1.71. The summed E-state index contributed by atoms with van der Waals surface area (Å²) in [6.45, 7) is 0. The van der Waals surface area contributed by atoms with Crippen LogP contribution < -0.4 is 0 Å². The molecular weight excluding hydrogens is 209 g/mol. The van der Waals surface area contributed by atoms with Crippen LogP contribution in [0, 0.1) is 5.82 Å². The molecular formula is C9H5ClFNS. The molecule has 0 N–H and O–H groups in total. The van der Waals surface area contributed by atoms with Gasteiger partial charge in [0.1, 0.15) is 10.8 Å². The van der Waals surface area contributed by atoms with Gasteiger partial charge in [-0.15, -0.1) is 11.3 Å². The number of thiazole rings is 1. The highest BCUT2D eigenvalue weighted by Crippen LogP contribution is 2.29. The van der Waals surface area contributed by atoms with Crippen molar-refractivity contribution in [2.45, 2.75) is 0 Å². The molecule has 0 saturated carbocycles. The lowest BCUT2D eigenvalue weighted by Gasteiger charge is -1.98. The van der Waals surface area contributed by atoms with Crippen LogP contribution in [0.4, 0.5) is 4.39 Å². The summed E-state index contributed by atoms with van der Waals surface area (Å²) in [4.78, 5) is 4.09. The maximum atomic E-state index is 12.7. The second-order valence-corrected chi connectivity index (χ2v) is 3.76. The predicted octanol–water partition coefficient (Wildman–Crippen LogP) is 3.60. The molecule has 1 aromatic heterocycles. The molecule has 0 amide bonds. The minimum Gasteiger partial charge on any atom is -0.244 e. The van der Waals surface area contributed by atoms with Crippen molar-refractivity contribution in [1.29, 1.82) is 0 Å². The van der Waals surface area contributed by atoms with E-state index in [1.165, 1.54) is 23.5 Å². The van der Waals surface area contributed by atoms with Crippen molar-refractivity contribution in [2.75, 3.05) is 0 Å². The zero-order valence-electron chi connectivity index (χ0n) is 6.50. The van der Waals surface area contributed by atoms with Crippen LogP contribution in [0.5, 0.6) is 0 Å². The van der Waals surface area contributed by atoms with Crippen molar-refractivity contribution < 1.29 is 4.39 Å². The Balaban J connectivity index is 2.53. The topological polar surface area (TPSA) is 12.9 Å². The van der Waals surface area contributed by atoms with Gasteiger partial charge in [-0.2, -0.15) is 0 Å². The molecule has 0 fully saturated rings. The van der Waals surface area contributed by atoms with Crippen molar-refractivity contribution in [1.82, 2.24) is 4.98 Å². The lowest BCUT2D eigenvalue weighted by molar-refractivity contribution is 0.628. The predicted molar refractivity (Wildman–Crippen MR) is 52.5 cm³/mol. The molecule has 0 bridgehead atoms. The van der Waals surface area contributed by atoms with E-state index in [9.17, 15) is 4.39 Å². The molecule has 2 aromatic rings. The number of rotatable bonds is 1. The Morgan fingerprint density at radius 1 is 1.38 bits per heavy atom. The van der Waals surface area contributed by atoms with Gasteiger partial charge in [-0.05, 0) is 18.2 Å². The van der Waals surface area contributed by atoms with Gasteiger partial charge in [-0.25, -0.2) is 9.37 Å². The van der Waals surface area contributed by atoms with Crippen molar-refractivity contribution >= 4 is 22.9 Å². The van der Waals surface area contributed by atoms with E-state index in [1.54, 1.807) is 12.3 Å². The molecule has 0 atom stereocenters. The first kappa shape index (κ1) is 8.66. The van der Waals surface area contributed by atoms with Crippen LogP contribution in [-0.4, -0.2) is 4.98 Å². The number of halogens is 2. The minimum absolute atomic E-state index is 0.328. The van der Waals surface area contributed by atoms with Gasteiger partial charge in [-0.3, -0.25) is 0 Å². The highest BCUT2D eigenvalue weighted by atomic mass is 35.5. The Bertz CT molecular complexity index is 414. The van der Waals surface area contributed by atoms with Gasteiger partial charge < -0.3 is 0 Å². The van der Waals surface area contributed by atoms with Crippen LogP contribution >= 0.6 is 22.9 Å². The summed E-state index contributed by atoms with van der Waals surface area (Å²) in [5.74, 6) is -0.328. The summed E-state index contributed by atoms with van der Waals surface area (Å²) in [6, 6.07) is 4.30. The number of benzene rings is 1. The fourth-order valence-electron chi connectivity index (χ4n) is 1.02. The summed E-state index contributed by atoms with van der Waals surface area (Å²) in [7, 11) is 0. The molecule has 0 aliphatic carbocycles. The van der Waals surface area contributed by atoms with E-state index in [4.69, 9.17) is 11.6 Å². The van der Waals surface area contributed by atoms with Crippen molar-refractivity contribution in [3.05, 3.63) is 40.6 Å². The van der Waals surface area contributed by atoms with Gasteiger partial charge in [0.25, 0.3) is 0 Å². The smallest absolute Gasteiger partial charge is 0.124 e. The van der Waals surface area contributed by atoms with Gasteiger partial charge in [0.05, 0.1) is 5.02 Å². The third-order valence-corrected chi connectivity index (χ3v) is 2.71. The molecule has 0 saturated heterocycles. The monoisotopic (exact) mass is 213 g/mol. The van der Waals surface area contributed by atoms with Gasteiger partial charge in [0.2, 0.25) is 0 Å². The van der Waals surface area contributed by atoms with Gasteiger partial charge >= 0.3 is 0 Å². The van der Waals surface area contributed by atoms with Crippen LogP contribution in [0.2, 0.25) is 5.02 Å². The molecule has 1 heterocycles. The Hall–Kier alpha value is -0.930. The summed E-state index contributed by atoms with van der Waals surface area (Å²) >= 11 is 7.33. The largest absolute Gasteiger partial charge is 0.244 e. The first-order chi connectivity index (χ1) is 6.27. The molecule has 0 aliphatic heterocycles. The molecule has 0 aliphatic rings. The Kier molecular flexibility index (Phi) is 2.29. The molecule has 13 heavy (non-hydrogen) atoms. The van der Waals surface area contributed by atoms with E-state index in [2.05, 4.69) is 4.98 Å². The summed E-state index contributed by atoms with van der Waals surface area (Å²) in [5, 5.41) is 3.06. The van der Waals surface area contributed by atoms with Crippen LogP contribution in [0.3, 0.4) is 0 Å². The summed E-state index contributed by atoms with van der Waals surface area (Å²) in [5.41, 5.74) is 0.776. The highest BCUT2D eigenvalue weighted by molar-refractivity contribution is 7.13. The fourth-order valence-corrected chi connectivity index (χ4v) is 2.01. The SMILES string of the molecule is Fc1ccc(-c2nccs2)c(Cl)c1. The van der Waals surface area contributed by atoms with Gasteiger partial charge in [0.15, 0.2) is 0 Å². The molecule has 0 unspecified atom stereocenters. The molecule has 2 rings (SSSR count). The van der Waals surface area contributed by atoms with E-state index in [0.717, 1.165) is 10.6 Å². The quantitative estimate of drug-likeness (QED) is 0.705. The van der Waals surface area contributed by atoms with E-state index < -0.39 is 0 Å². The van der Waals surface area contributed by atoms with E-state index in [-0.39, 0.29) is 5.82 Å². The highest BCUT2D eigenvalue weighted by Gasteiger charge is 2.05. The van der Waals surface area contributed by atoms with Crippen LogP contribution in [0.1, 0.15) is 0 Å². The van der Waals surface area contributed by atoms with Gasteiger partial charge in [-0.1, -0.05) is 11.6 Å². The lowest BCUT2D eigenvalue weighted by atomic mass is 10.2. The summed E-state index contributed by atoms with van der Waals surface area (Å²) in [6.07, 6.45) is 1.69. The van der Waals surface area contributed by atoms with Gasteiger partial charge in [0, 0.05) is 17.1 Å². The Labute approximate surface area is 83.8 Å². The first-order valence-corrected chi connectivity index (χ1v) is 4.88. The molecule has 4 heteroatoms. The average molecular weight is 214 g/mol. The Morgan fingerprint density at radius 3 is 2.85 bits per heavy atom. The fraction of sp³-hybridized carbons (Fsp3) is 0. The van der Waals surface area contributed by atoms with Crippen LogP contribution in [-0.2, 0) is 0 Å². The van der Waals surface area contributed by atoms with E-state index in [1.807, 2.05) is 5.38 Å². The lowest BCUT2D eigenvalue weighted by Crippen LogP contribution is -1.79. The van der Waals surface area contributed by atoms with Crippen molar-refractivity contribution in [3.8, 4) is 10.6 Å². The number of nitrogens with zero attached hydrogens (tertiary/aromatic N) is 1. The maximum absolute atomic E-state index is 12.7. The number of hydrogen-bond donors (Lipinski definition) is 0. The normalized spacial score (nSPS) is 10.3. The number of aromatic nitrogens is 1. The maximum Gasteiger partial charge on any atom is 0.124 e. The first-order valence-electron chi connectivity index (χ1n) is 3.62. The van der Waals surface area contributed by atoms with Crippen LogP contribution in [0.25, 0.3) is 10.6 Å². The summed E-state index contributed by atoms with van der Waals surface area (Å²) < 4.78 is 12.7. The van der Waals surface area contributed by atoms with Crippen LogP contribution in [0.15, 0.2) is 29.8 Å². The zero-order valence-corrected chi connectivity index (χ0v) is 8.07. The standard InChI is InChI=1S/C9H5ClFNS/c10-8-5-6(11)1-2-7(8)9-12-3-4-13-9/h1-5H. The van der Waals surface area contributed by atoms with E-state index >= 15 is 0 Å². The molecule has 0 radical (unpaired) electrons. The zero-order chi connectivity index (χ0) is 9.26. The van der Waals surface area contributed by atoms with E-state index in [0.29, 0.717) is 5.02 Å². The number of hydrogen-bond acceptors (Lipinski definition) is 2. The van der Waals surface area contributed by atoms with Crippen molar-refractivity contribution in [2.24, 2.45) is 0 Å². The molecule has 66 valence electrons. The third-order valence-electron chi connectivity index (χ3n) is 1.59. The average Bonchev–Trinajstić information content (AvgIpc) is 2.56. The molecule has 1 nitrogen and oxygen atoms in total. The minimum atomic E-state index is -0.328.